The largest absolute Gasteiger partial charge is 0.325 e. The van der Waals surface area contributed by atoms with Gasteiger partial charge in [-0.05, 0) is 67.0 Å². The molecule has 1 aliphatic carbocycles. The van der Waals surface area contributed by atoms with Gasteiger partial charge in [-0.15, -0.1) is 11.3 Å². The number of pyridine rings is 1. The second-order valence-corrected chi connectivity index (χ2v) is 8.64. The normalized spacial score (nSPS) is 12.8. The van der Waals surface area contributed by atoms with Crippen molar-refractivity contribution in [3.8, 4) is 16.5 Å². The van der Waals surface area contributed by atoms with Crippen molar-refractivity contribution in [3.63, 3.8) is 0 Å². The molecule has 0 saturated carbocycles. The molecule has 0 atom stereocenters. The fourth-order valence-electron chi connectivity index (χ4n) is 3.48. The molecule has 4 nitrogen and oxygen atoms in total. The molecule has 0 aliphatic heterocycles. The van der Waals surface area contributed by atoms with Gasteiger partial charge in [0, 0.05) is 21.8 Å². The maximum atomic E-state index is 13.0. The first-order valence-corrected chi connectivity index (χ1v) is 11.2. The van der Waals surface area contributed by atoms with Crippen LogP contribution in [0.5, 0.6) is 0 Å². The highest BCUT2D eigenvalue weighted by atomic mass is 32.2. The van der Waals surface area contributed by atoms with E-state index in [0.29, 0.717) is 16.3 Å². The van der Waals surface area contributed by atoms with Gasteiger partial charge in [0.15, 0.2) is 0 Å². The van der Waals surface area contributed by atoms with Crippen molar-refractivity contribution in [1.29, 1.82) is 5.26 Å². The predicted octanol–water partition coefficient (Wildman–Crippen LogP) is 5.43. The molecule has 146 valence electrons. The molecule has 0 unspecified atom stereocenters. The third kappa shape index (κ3) is 4.34. The zero-order chi connectivity index (χ0) is 20.2. The Labute approximate surface area is 176 Å². The van der Waals surface area contributed by atoms with Gasteiger partial charge in [-0.2, -0.15) is 5.26 Å². The average molecular weight is 424 g/mol. The van der Waals surface area contributed by atoms with Gasteiger partial charge in [0.05, 0.1) is 11.3 Å². The first-order valence-electron chi connectivity index (χ1n) is 9.33. The van der Waals surface area contributed by atoms with E-state index in [4.69, 9.17) is 4.98 Å². The Hall–Kier alpha value is -2.69. The van der Waals surface area contributed by atoms with Crippen molar-refractivity contribution in [2.24, 2.45) is 0 Å². The van der Waals surface area contributed by atoms with Crippen molar-refractivity contribution in [2.75, 3.05) is 11.1 Å². The molecule has 29 heavy (non-hydrogen) atoms. The summed E-state index contributed by atoms with van der Waals surface area (Å²) in [5, 5.41) is 15.2. The minimum Gasteiger partial charge on any atom is -0.325 e. The summed E-state index contributed by atoms with van der Waals surface area (Å²) >= 11 is 2.89. The molecular weight excluding hydrogens is 405 g/mol. The number of hydrogen-bond acceptors (Lipinski definition) is 5. The summed E-state index contributed by atoms with van der Waals surface area (Å²) in [7, 11) is 0. The summed E-state index contributed by atoms with van der Waals surface area (Å²) in [6, 6.07) is 12.0. The van der Waals surface area contributed by atoms with Crippen LogP contribution < -0.4 is 5.32 Å². The lowest BCUT2D eigenvalue weighted by Gasteiger charge is -2.21. The Morgan fingerprint density at radius 3 is 2.76 bits per heavy atom. The number of aromatic nitrogens is 1. The topological polar surface area (TPSA) is 65.8 Å². The summed E-state index contributed by atoms with van der Waals surface area (Å²) in [5.41, 5.74) is 4.28. The zero-order valence-corrected chi connectivity index (χ0v) is 17.2. The molecule has 0 radical (unpaired) electrons. The van der Waals surface area contributed by atoms with Gasteiger partial charge >= 0.3 is 0 Å². The van der Waals surface area contributed by atoms with Crippen LogP contribution in [0.3, 0.4) is 0 Å². The van der Waals surface area contributed by atoms with Gasteiger partial charge in [-0.3, -0.25) is 4.79 Å². The number of hydrogen-bond donors (Lipinski definition) is 1. The van der Waals surface area contributed by atoms with E-state index in [1.807, 2.05) is 17.5 Å². The molecule has 0 spiro atoms. The number of thioether (sulfide) groups is 1. The van der Waals surface area contributed by atoms with E-state index in [1.54, 1.807) is 11.3 Å². The number of nitrogens with zero attached hydrogens (tertiary/aromatic N) is 2. The first kappa shape index (κ1) is 19.6. The number of nitriles is 1. The number of rotatable bonds is 5. The number of aryl methyl sites for hydroxylation is 1. The fraction of sp³-hybridized carbons (Fsp3) is 0.227. The quantitative estimate of drug-likeness (QED) is 0.556. The van der Waals surface area contributed by atoms with Crippen molar-refractivity contribution in [1.82, 2.24) is 4.98 Å². The van der Waals surface area contributed by atoms with Crippen molar-refractivity contribution in [2.45, 2.75) is 30.7 Å². The Morgan fingerprint density at radius 2 is 2.03 bits per heavy atom. The van der Waals surface area contributed by atoms with Crippen LogP contribution in [0, 0.1) is 17.1 Å². The Kier molecular flexibility index (Phi) is 5.93. The van der Waals surface area contributed by atoms with E-state index in [-0.39, 0.29) is 17.5 Å². The van der Waals surface area contributed by atoms with Crippen LogP contribution in [0.1, 0.15) is 29.7 Å². The van der Waals surface area contributed by atoms with E-state index < -0.39 is 0 Å². The van der Waals surface area contributed by atoms with E-state index in [9.17, 15) is 14.4 Å². The van der Waals surface area contributed by atoms with Crippen LogP contribution >= 0.6 is 23.1 Å². The molecule has 0 bridgehead atoms. The smallest absolute Gasteiger partial charge is 0.234 e. The lowest BCUT2D eigenvalue weighted by atomic mass is 9.89. The number of amides is 1. The highest BCUT2D eigenvalue weighted by Crippen LogP contribution is 2.39. The molecule has 3 aromatic rings. The summed E-state index contributed by atoms with van der Waals surface area (Å²) in [6.07, 6.45) is 4.02. The molecule has 2 aromatic heterocycles. The van der Waals surface area contributed by atoms with Crippen LogP contribution in [0.25, 0.3) is 10.4 Å². The lowest BCUT2D eigenvalue weighted by molar-refractivity contribution is -0.113. The van der Waals surface area contributed by atoms with Gasteiger partial charge in [0.1, 0.15) is 16.9 Å². The first-order chi connectivity index (χ1) is 14.2. The van der Waals surface area contributed by atoms with Gasteiger partial charge < -0.3 is 5.32 Å². The monoisotopic (exact) mass is 423 g/mol. The van der Waals surface area contributed by atoms with Crippen LogP contribution in [0.15, 0.2) is 46.8 Å². The van der Waals surface area contributed by atoms with Crippen molar-refractivity contribution in [3.05, 3.63) is 64.4 Å². The molecule has 0 saturated heterocycles. The minimum absolute atomic E-state index is 0.127. The number of carbonyl (C=O) groups is 1. The third-order valence-corrected chi connectivity index (χ3v) is 6.65. The van der Waals surface area contributed by atoms with E-state index in [0.717, 1.165) is 41.8 Å². The minimum atomic E-state index is -0.351. The molecule has 1 N–H and O–H groups in total. The molecule has 7 heteroatoms. The van der Waals surface area contributed by atoms with Crippen molar-refractivity contribution >= 4 is 34.7 Å². The lowest BCUT2D eigenvalue weighted by Crippen LogP contribution is -2.15. The molecule has 1 amide bonds. The van der Waals surface area contributed by atoms with Gasteiger partial charge in [-0.25, -0.2) is 9.37 Å². The molecule has 2 heterocycles. The average Bonchev–Trinajstić information content (AvgIpc) is 3.27. The van der Waals surface area contributed by atoms with Gasteiger partial charge in [-0.1, -0.05) is 17.8 Å². The summed E-state index contributed by atoms with van der Waals surface area (Å²) in [5.74, 6) is -0.444. The van der Waals surface area contributed by atoms with Crippen molar-refractivity contribution < 1.29 is 9.18 Å². The number of carbonyl (C=O) groups excluding carboxylic acids is 1. The highest BCUT2D eigenvalue weighted by Gasteiger charge is 2.24. The number of benzene rings is 1. The molecule has 1 aliphatic rings. The number of anilines is 1. The molecule has 1 aromatic carbocycles. The highest BCUT2D eigenvalue weighted by molar-refractivity contribution is 8.00. The van der Waals surface area contributed by atoms with Gasteiger partial charge in [0.25, 0.3) is 0 Å². The second kappa shape index (κ2) is 8.76. The van der Waals surface area contributed by atoms with E-state index in [1.165, 1.54) is 41.6 Å². The molecular formula is C22H18FN3OS2. The van der Waals surface area contributed by atoms with Crippen LogP contribution in [-0.4, -0.2) is 16.6 Å². The van der Waals surface area contributed by atoms with Gasteiger partial charge in [0.2, 0.25) is 5.91 Å². The van der Waals surface area contributed by atoms with E-state index >= 15 is 0 Å². The summed E-state index contributed by atoms with van der Waals surface area (Å²) < 4.78 is 13.0. The maximum absolute atomic E-state index is 13.0. The third-order valence-electron chi connectivity index (χ3n) is 4.79. The Morgan fingerprint density at radius 1 is 1.24 bits per heavy atom. The predicted molar refractivity (Wildman–Crippen MR) is 115 cm³/mol. The van der Waals surface area contributed by atoms with Crippen LogP contribution in [0.2, 0.25) is 0 Å². The summed E-state index contributed by atoms with van der Waals surface area (Å²) in [4.78, 5) is 18.2. The Balaban J connectivity index is 1.60. The number of nitrogens with one attached hydrogen (secondary N) is 1. The molecule has 4 rings (SSSR count). The zero-order valence-electron chi connectivity index (χ0n) is 15.6. The number of fused-ring (bicyclic) bond motifs is 1. The maximum Gasteiger partial charge on any atom is 0.234 e. The Bertz CT molecular complexity index is 1070. The fourth-order valence-corrected chi connectivity index (χ4v) is 5.09. The number of thiophene rings is 1. The second-order valence-electron chi connectivity index (χ2n) is 6.73. The van der Waals surface area contributed by atoms with E-state index in [2.05, 4.69) is 11.4 Å². The van der Waals surface area contributed by atoms with Crippen LogP contribution in [0.4, 0.5) is 10.1 Å². The number of halogens is 1. The molecule has 0 fully saturated rings. The summed E-state index contributed by atoms with van der Waals surface area (Å²) in [6.45, 7) is 0. The van der Waals surface area contributed by atoms with Crippen LogP contribution in [-0.2, 0) is 17.6 Å². The SMILES string of the molecule is N#Cc1c(SCC(=O)Nc2ccc(F)cc2)nc2c(c1-c1cccs1)CCCC2. The standard InChI is InChI=1S/C22H18FN3OS2/c23-14-7-9-15(10-8-14)25-20(27)13-29-22-17(12-24)21(19-6-3-11-28-19)16-4-1-2-5-18(16)26-22/h3,6-11H,1-2,4-5,13H2,(H,25,27).